The van der Waals surface area contributed by atoms with Crippen molar-refractivity contribution < 1.29 is 0 Å². The van der Waals surface area contributed by atoms with Gasteiger partial charge in [0.25, 0.3) is 0 Å². The van der Waals surface area contributed by atoms with Crippen LogP contribution in [-0.4, -0.2) is 15.7 Å². The van der Waals surface area contributed by atoms with Gasteiger partial charge in [-0.3, -0.25) is 0 Å². The number of para-hydroxylation sites is 2. The van der Waals surface area contributed by atoms with Crippen molar-refractivity contribution in [2.24, 2.45) is 0 Å². The molecule has 82 valence electrons. The van der Waals surface area contributed by atoms with Crippen molar-refractivity contribution in [1.82, 2.24) is 9.97 Å². The lowest BCUT2D eigenvalue weighted by Crippen LogP contribution is -1.81. The minimum Gasteiger partial charge on any atom is -0.333 e. The van der Waals surface area contributed by atoms with Crippen molar-refractivity contribution in [2.45, 2.75) is 24.4 Å². The van der Waals surface area contributed by atoms with Gasteiger partial charge in [0, 0.05) is 12.2 Å². The Morgan fingerprint density at radius 1 is 1.31 bits per heavy atom. The molecular formula is C12H13N3S. The zero-order chi connectivity index (χ0) is 11.2. The summed E-state index contributed by atoms with van der Waals surface area (Å²) in [4.78, 5) is 7.75. The second kappa shape index (κ2) is 5.57. The predicted molar refractivity (Wildman–Crippen MR) is 66.3 cm³/mol. The SMILES string of the molecule is N#CCCCCSc1nc2ccccc2[nH]1. The highest BCUT2D eigenvalue weighted by atomic mass is 32.2. The molecule has 1 heterocycles. The smallest absolute Gasteiger partial charge is 0.166 e. The molecule has 0 aliphatic heterocycles. The van der Waals surface area contributed by atoms with Gasteiger partial charge in [0.15, 0.2) is 5.16 Å². The number of nitrogens with zero attached hydrogens (tertiary/aromatic N) is 2. The van der Waals surface area contributed by atoms with Gasteiger partial charge < -0.3 is 4.98 Å². The van der Waals surface area contributed by atoms with Gasteiger partial charge in [0.05, 0.1) is 17.1 Å². The summed E-state index contributed by atoms with van der Waals surface area (Å²) in [5, 5.41) is 9.37. The summed E-state index contributed by atoms with van der Waals surface area (Å²) in [7, 11) is 0. The Morgan fingerprint density at radius 3 is 3.00 bits per heavy atom. The minimum absolute atomic E-state index is 0.653. The van der Waals surface area contributed by atoms with E-state index in [-0.39, 0.29) is 0 Å². The number of aromatic nitrogens is 2. The van der Waals surface area contributed by atoms with Gasteiger partial charge in [-0.1, -0.05) is 23.9 Å². The monoisotopic (exact) mass is 231 g/mol. The summed E-state index contributed by atoms with van der Waals surface area (Å²) in [5.74, 6) is 1.02. The number of rotatable bonds is 5. The molecule has 0 aliphatic carbocycles. The Morgan fingerprint density at radius 2 is 2.19 bits per heavy atom. The maximum Gasteiger partial charge on any atom is 0.166 e. The van der Waals surface area contributed by atoms with Crippen molar-refractivity contribution in [3.63, 3.8) is 0 Å². The lowest BCUT2D eigenvalue weighted by Gasteiger charge is -1.94. The Balaban J connectivity index is 1.88. The normalized spacial score (nSPS) is 10.4. The van der Waals surface area contributed by atoms with Gasteiger partial charge in [-0.15, -0.1) is 0 Å². The fourth-order valence-electron chi connectivity index (χ4n) is 1.47. The maximum atomic E-state index is 8.40. The summed E-state index contributed by atoms with van der Waals surface area (Å²) in [6, 6.07) is 10.2. The van der Waals surface area contributed by atoms with Crippen molar-refractivity contribution in [3.05, 3.63) is 24.3 Å². The molecule has 0 unspecified atom stereocenters. The van der Waals surface area contributed by atoms with E-state index in [1.165, 1.54) is 0 Å². The Bertz CT molecular complexity index is 465. The molecule has 4 heteroatoms. The van der Waals surface area contributed by atoms with Crippen molar-refractivity contribution in [1.29, 1.82) is 5.26 Å². The van der Waals surface area contributed by atoms with Crippen LogP contribution in [0, 0.1) is 11.3 Å². The first-order chi connectivity index (χ1) is 7.90. The number of unbranched alkanes of at least 4 members (excludes halogenated alkanes) is 2. The molecule has 16 heavy (non-hydrogen) atoms. The van der Waals surface area contributed by atoms with Gasteiger partial charge in [-0.05, 0) is 25.0 Å². The van der Waals surface area contributed by atoms with Crippen LogP contribution in [0.25, 0.3) is 11.0 Å². The van der Waals surface area contributed by atoms with Crippen LogP contribution in [0.5, 0.6) is 0 Å². The number of nitrogens with one attached hydrogen (secondary N) is 1. The fourth-order valence-corrected chi connectivity index (χ4v) is 2.36. The van der Waals surface area contributed by atoms with E-state index in [1.807, 2.05) is 24.3 Å². The number of H-pyrrole nitrogens is 1. The molecule has 2 rings (SSSR count). The largest absolute Gasteiger partial charge is 0.333 e. The van der Waals surface area contributed by atoms with Crippen LogP contribution in [0.2, 0.25) is 0 Å². The third-order valence-corrected chi connectivity index (χ3v) is 3.25. The lowest BCUT2D eigenvalue weighted by atomic mass is 10.3. The second-order valence-corrected chi connectivity index (χ2v) is 4.61. The van der Waals surface area contributed by atoms with Crippen LogP contribution in [0.4, 0.5) is 0 Å². The van der Waals surface area contributed by atoms with E-state index in [1.54, 1.807) is 11.8 Å². The number of imidazole rings is 1. The first kappa shape index (κ1) is 11.0. The Labute approximate surface area is 98.9 Å². The quantitative estimate of drug-likeness (QED) is 0.634. The van der Waals surface area contributed by atoms with Crippen LogP contribution in [0.15, 0.2) is 29.4 Å². The van der Waals surface area contributed by atoms with E-state index in [9.17, 15) is 0 Å². The van der Waals surface area contributed by atoms with E-state index in [0.717, 1.165) is 34.8 Å². The number of thioether (sulfide) groups is 1. The van der Waals surface area contributed by atoms with Crippen LogP contribution >= 0.6 is 11.8 Å². The molecule has 2 aromatic rings. The fraction of sp³-hybridized carbons (Fsp3) is 0.333. The first-order valence-corrected chi connectivity index (χ1v) is 6.33. The molecule has 0 saturated carbocycles. The van der Waals surface area contributed by atoms with E-state index in [2.05, 4.69) is 16.0 Å². The van der Waals surface area contributed by atoms with Crippen LogP contribution < -0.4 is 0 Å². The average Bonchev–Trinajstić information content (AvgIpc) is 2.71. The molecule has 1 aromatic heterocycles. The zero-order valence-corrected chi connectivity index (χ0v) is 9.76. The summed E-state index contributed by atoms with van der Waals surface area (Å²) in [6.45, 7) is 0. The number of aromatic amines is 1. The van der Waals surface area contributed by atoms with Crippen LogP contribution in [-0.2, 0) is 0 Å². The molecule has 0 spiro atoms. The van der Waals surface area contributed by atoms with Gasteiger partial charge in [-0.25, -0.2) is 4.98 Å². The van der Waals surface area contributed by atoms with Gasteiger partial charge >= 0.3 is 0 Å². The molecule has 0 saturated heterocycles. The summed E-state index contributed by atoms with van der Waals surface area (Å²) < 4.78 is 0. The number of nitriles is 1. The number of benzene rings is 1. The van der Waals surface area contributed by atoms with Crippen LogP contribution in [0.1, 0.15) is 19.3 Å². The third kappa shape index (κ3) is 2.77. The number of hydrogen-bond donors (Lipinski definition) is 1. The Kier molecular flexibility index (Phi) is 3.84. The van der Waals surface area contributed by atoms with Crippen molar-refractivity contribution in [2.75, 3.05) is 5.75 Å². The van der Waals surface area contributed by atoms with E-state index in [4.69, 9.17) is 5.26 Å². The van der Waals surface area contributed by atoms with Crippen molar-refractivity contribution >= 4 is 22.8 Å². The molecule has 0 amide bonds. The highest BCUT2D eigenvalue weighted by Crippen LogP contribution is 2.20. The van der Waals surface area contributed by atoms with Crippen molar-refractivity contribution in [3.8, 4) is 6.07 Å². The molecular weight excluding hydrogens is 218 g/mol. The maximum absolute atomic E-state index is 8.40. The standard InChI is InChI=1S/C12H13N3S/c13-8-4-1-5-9-16-12-14-10-6-2-3-7-11(10)15-12/h2-3,6-7H,1,4-5,9H2,(H,14,15). The summed E-state index contributed by atoms with van der Waals surface area (Å²) >= 11 is 1.72. The van der Waals surface area contributed by atoms with Gasteiger partial charge in [0.1, 0.15) is 0 Å². The van der Waals surface area contributed by atoms with Gasteiger partial charge in [-0.2, -0.15) is 5.26 Å². The topological polar surface area (TPSA) is 52.5 Å². The predicted octanol–water partition coefficient (Wildman–Crippen LogP) is 3.35. The molecule has 0 fully saturated rings. The molecule has 1 aromatic carbocycles. The zero-order valence-electron chi connectivity index (χ0n) is 8.94. The average molecular weight is 231 g/mol. The highest BCUT2D eigenvalue weighted by molar-refractivity contribution is 7.99. The molecule has 1 N–H and O–H groups in total. The van der Waals surface area contributed by atoms with E-state index < -0.39 is 0 Å². The second-order valence-electron chi connectivity index (χ2n) is 3.52. The lowest BCUT2D eigenvalue weighted by molar-refractivity contribution is 0.828. The number of hydrogen-bond acceptors (Lipinski definition) is 3. The highest BCUT2D eigenvalue weighted by Gasteiger charge is 2.01. The van der Waals surface area contributed by atoms with Gasteiger partial charge in [0.2, 0.25) is 0 Å². The Hall–Kier alpha value is -1.47. The number of fused-ring (bicyclic) bond motifs is 1. The third-order valence-electron chi connectivity index (χ3n) is 2.29. The summed E-state index contributed by atoms with van der Waals surface area (Å²) in [6.07, 6.45) is 2.69. The molecule has 0 bridgehead atoms. The minimum atomic E-state index is 0.653. The van der Waals surface area contributed by atoms with E-state index in [0.29, 0.717) is 6.42 Å². The summed E-state index contributed by atoms with van der Waals surface area (Å²) in [5.41, 5.74) is 2.10. The molecule has 0 radical (unpaired) electrons. The molecule has 0 aliphatic rings. The van der Waals surface area contributed by atoms with E-state index >= 15 is 0 Å². The molecule has 3 nitrogen and oxygen atoms in total. The first-order valence-electron chi connectivity index (χ1n) is 5.34. The molecule has 0 atom stereocenters. The van der Waals surface area contributed by atoms with Crippen LogP contribution in [0.3, 0.4) is 0 Å².